The monoisotopic (exact) mass is 365 g/mol. The number of halogens is 1. The number of carbonyl (C=O) groups is 1. The summed E-state index contributed by atoms with van der Waals surface area (Å²) in [5.74, 6) is 0.596. The number of hydrogen-bond donors (Lipinski definition) is 2. The van der Waals surface area contributed by atoms with Crippen molar-refractivity contribution in [3.8, 4) is 5.75 Å². The highest BCUT2D eigenvalue weighted by molar-refractivity contribution is 9.10. The second kappa shape index (κ2) is 7.52. The predicted molar refractivity (Wildman–Crippen MR) is 92.2 cm³/mol. The Balaban J connectivity index is 1.99. The van der Waals surface area contributed by atoms with Gasteiger partial charge in [-0.1, -0.05) is 30.3 Å². The van der Waals surface area contributed by atoms with E-state index >= 15 is 0 Å². The number of carbonyl (C=O) groups excluding carboxylic acids is 1. The summed E-state index contributed by atoms with van der Waals surface area (Å²) in [7, 11) is 1.60. The van der Waals surface area contributed by atoms with Gasteiger partial charge in [-0.05, 0) is 46.1 Å². The number of ether oxygens (including phenoxy) is 1. The molecule has 3 nitrogen and oxygen atoms in total. The first-order chi connectivity index (χ1) is 10.1. The van der Waals surface area contributed by atoms with Gasteiger partial charge in [-0.3, -0.25) is 4.79 Å². The lowest BCUT2D eigenvalue weighted by Crippen LogP contribution is -2.25. The molecule has 0 radical (unpaired) electrons. The lowest BCUT2D eigenvalue weighted by molar-refractivity contribution is -0.115. The molecule has 2 rings (SSSR count). The molecule has 1 atom stereocenters. The Kier molecular flexibility index (Phi) is 5.70. The number of anilines is 1. The maximum Gasteiger partial charge on any atom is 0.237 e. The summed E-state index contributed by atoms with van der Waals surface area (Å²) in [6, 6.07) is 15.2. The average Bonchev–Trinajstić information content (AvgIpc) is 2.48. The Morgan fingerprint density at radius 3 is 2.62 bits per heavy atom. The topological polar surface area (TPSA) is 38.3 Å². The van der Waals surface area contributed by atoms with Crippen molar-refractivity contribution in [3.05, 3.63) is 58.6 Å². The van der Waals surface area contributed by atoms with Crippen LogP contribution in [0.5, 0.6) is 5.75 Å². The highest BCUT2D eigenvalue weighted by Crippen LogP contribution is 2.27. The van der Waals surface area contributed by atoms with Crippen molar-refractivity contribution in [2.75, 3.05) is 12.4 Å². The molecule has 0 saturated heterocycles. The van der Waals surface area contributed by atoms with Gasteiger partial charge in [0.15, 0.2) is 0 Å². The quantitative estimate of drug-likeness (QED) is 0.787. The van der Waals surface area contributed by atoms with E-state index in [0.29, 0.717) is 12.1 Å². The van der Waals surface area contributed by atoms with E-state index in [1.807, 2.05) is 30.3 Å². The largest absolute Gasteiger partial charge is 0.496 e. The number of methoxy groups -OCH3 is 1. The summed E-state index contributed by atoms with van der Waals surface area (Å²) in [6.07, 6.45) is 0.590. The molecular formula is C16H16BrNO2S. The van der Waals surface area contributed by atoms with Gasteiger partial charge in [-0.15, -0.1) is 0 Å². The molecule has 0 heterocycles. The molecule has 5 heteroatoms. The van der Waals surface area contributed by atoms with Gasteiger partial charge in [0.2, 0.25) is 5.91 Å². The van der Waals surface area contributed by atoms with Crippen LogP contribution in [0.3, 0.4) is 0 Å². The molecule has 0 aromatic heterocycles. The fourth-order valence-corrected chi connectivity index (χ4v) is 2.72. The fourth-order valence-electron chi connectivity index (χ4n) is 1.90. The molecule has 2 aromatic carbocycles. The molecule has 1 N–H and O–H groups in total. The zero-order valence-electron chi connectivity index (χ0n) is 11.5. The predicted octanol–water partition coefficient (Wildman–Crippen LogP) is 3.94. The lowest BCUT2D eigenvalue weighted by atomic mass is 10.1. The summed E-state index contributed by atoms with van der Waals surface area (Å²) in [5, 5.41) is 2.46. The van der Waals surface area contributed by atoms with E-state index in [4.69, 9.17) is 4.74 Å². The maximum atomic E-state index is 12.1. The minimum atomic E-state index is -0.395. The molecular weight excluding hydrogens is 350 g/mol. The first-order valence-corrected chi connectivity index (χ1v) is 7.77. The Morgan fingerprint density at radius 2 is 2.00 bits per heavy atom. The van der Waals surface area contributed by atoms with Crippen LogP contribution in [0.15, 0.2) is 53.0 Å². The van der Waals surface area contributed by atoms with Gasteiger partial charge in [-0.2, -0.15) is 12.6 Å². The fraction of sp³-hybridized carbons (Fsp3) is 0.188. The molecule has 0 aliphatic carbocycles. The van der Waals surface area contributed by atoms with Crippen LogP contribution in [0.1, 0.15) is 5.56 Å². The first-order valence-electron chi connectivity index (χ1n) is 6.46. The van der Waals surface area contributed by atoms with Gasteiger partial charge >= 0.3 is 0 Å². The number of thiol groups is 1. The Morgan fingerprint density at radius 1 is 1.29 bits per heavy atom. The summed E-state index contributed by atoms with van der Waals surface area (Å²) in [4.78, 5) is 12.1. The van der Waals surface area contributed by atoms with Crippen molar-refractivity contribution in [2.24, 2.45) is 0 Å². The first kappa shape index (κ1) is 15.9. The molecule has 21 heavy (non-hydrogen) atoms. The third-order valence-electron chi connectivity index (χ3n) is 2.99. The van der Waals surface area contributed by atoms with Crippen LogP contribution < -0.4 is 10.1 Å². The molecule has 0 fully saturated rings. The van der Waals surface area contributed by atoms with Gasteiger partial charge in [0, 0.05) is 5.69 Å². The van der Waals surface area contributed by atoms with E-state index < -0.39 is 5.25 Å². The van der Waals surface area contributed by atoms with Gasteiger partial charge in [0.25, 0.3) is 0 Å². The van der Waals surface area contributed by atoms with E-state index in [-0.39, 0.29) is 5.91 Å². The van der Waals surface area contributed by atoms with E-state index in [1.54, 1.807) is 25.3 Å². The van der Waals surface area contributed by atoms with Gasteiger partial charge in [0.05, 0.1) is 16.8 Å². The number of amides is 1. The minimum Gasteiger partial charge on any atom is -0.496 e. The van der Waals surface area contributed by atoms with Crippen molar-refractivity contribution in [2.45, 2.75) is 11.7 Å². The van der Waals surface area contributed by atoms with Crippen LogP contribution in [0, 0.1) is 0 Å². The minimum absolute atomic E-state index is 0.126. The standard InChI is InChI=1S/C16H16BrNO2S/c1-20-14-8-7-12(10-13(14)17)18-16(19)15(21)9-11-5-3-2-4-6-11/h2-8,10,15,21H,9H2,1H3,(H,18,19). The molecule has 0 aliphatic heterocycles. The highest BCUT2D eigenvalue weighted by atomic mass is 79.9. The molecule has 0 saturated carbocycles. The van der Waals surface area contributed by atoms with Crippen molar-refractivity contribution < 1.29 is 9.53 Å². The molecule has 1 unspecified atom stereocenters. The Hall–Kier alpha value is -1.46. The second-order valence-corrected chi connectivity index (χ2v) is 6.02. The second-order valence-electron chi connectivity index (χ2n) is 4.54. The lowest BCUT2D eigenvalue weighted by Gasteiger charge is -2.12. The average molecular weight is 366 g/mol. The summed E-state index contributed by atoms with van der Waals surface area (Å²) < 4.78 is 5.95. The van der Waals surface area contributed by atoms with Crippen LogP contribution in [-0.2, 0) is 11.2 Å². The maximum absolute atomic E-state index is 12.1. The molecule has 0 spiro atoms. The van der Waals surface area contributed by atoms with Crippen LogP contribution >= 0.6 is 28.6 Å². The normalized spacial score (nSPS) is 11.8. The van der Waals surface area contributed by atoms with E-state index in [9.17, 15) is 4.79 Å². The summed E-state index contributed by atoms with van der Waals surface area (Å²) in [5.41, 5.74) is 1.79. The Labute approximate surface area is 138 Å². The van der Waals surface area contributed by atoms with Crippen molar-refractivity contribution in [1.82, 2.24) is 0 Å². The van der Waals surface area contributed by atoms with Crippen molar-refractivity contribution >= 4 is 40.2 Å². The van der Waals surface area contributed by atoms with Crippen molar-refractivity contribution in [1.29, 1.82) is 0 Å². The van der Waals surface area contributed by atoms with Crippen LogP contribution in [-0.4, -0.2) is 18.3 Å². The zero-order valence-corrected chi connectivity index (χ0v) is 14.0. The highest BCUT2D eigenvalue weighted by Gasteiger charge is 2.15. The molecule has 0 bridgehead atoms. The SMILES string of the molecule is COc1ccc(NC(=O)C(S)Cc2ccccc2)cc1Br. The number of rotatable bonds is 5. The molecule has 110 valence electrons. The van der Waals surface area contributed by atoms with Gasteiger partial charge < -0.3 is 10.1 Å². The van der Waals surface area contributed by atoms with E-state index in [1.165, 1.54) is 0 Å². The van der Waals surface area contributed by atoms with Crippen LogP contribution in [0.25, 0.3) is 0 Å². The van der Waals surface area contributed by atoms with Gasteiger partial charge in [-0.25, -0.2) is 0 Å². The van der Waals surface area contributed by atoms with E-state index in [2.05, 4.69) is 33.9 Å². The smallest absolute Gasteiger partial charge is 0.237 e. The van der Waals surface area contributed by atoms with E-state index in [0.717, 1.165) is 15.8 Å². The summed E-state index contributed by atoms with van der Waals surface area (Å²) in [6.45, 7) is 0. The molecule has 1 amide bonds. The third-order valence-corrected chi connectivity index (χ3v) is 4.03. The molecule has 2 aromatic rings. The van der Waals surface area contributed by atoms with Crippen LogP contribution in [0.4, 0.5) is 5.69 Å². The zero-order chi connectivity index (χ0) is 15.2. The summed E-state index contributed by atoms with van der Waals surface area (Å²) >= 11 is 7.78. The molecule has 0 aliphatic rings. The number of benzene rings is 2. The number of hydrogen-bond acceptors (Lipinski definition) is 3. The van der Waals surface area contributed by atoms with Gasteiger partial charge in [0.1, 0.15) is 5.75 Å². The van der Waals surface area contributed by atoms with Crippen LogP contribution in [0.2, 0.25) is 0 Å². The number of nitrogens with one attached hydrogen (secondary N) is 1. The third kappa shape index (κ3) is 4.51. The van der Waals surface area contributed by atoms with Crippen molar-refractivity contribution in [3.63, 3.8) is 0 Å². The Bertz CT molecular complexity index is 619.